The quantitative estimate of drug-likeness (QED) is 0.353. The molecule has 1 unspecified atom stereocenters. The van der Waals surface area contributed by atoms with Crippen molar-refractivity contribution < 1.29 is 13.6 Å². The van der Waals surface area contributed by atoms with Crippen molar-refractivity contribution in [3.05, 3.63) is 29.3 Å². The van der Waals surface area contributed by atoms with Gasteiger partial charge in [-0.05, 0) is 24.7 Å². The van der Waals surface area contributed by atoms with Crippen LogP contribution in [0.4, 0.5) is 14.5 Å². The predicted octanol–water partition coefficient (Wildman–Crippen LogP) is -2.11. The number of carbonyl (C=O) groups excluding carboxylic acids is 1. The second kappa shape index (κ2) is 7.53. The van der Waals surface area contributed by atoms with Gasteiger partial charge in [-0.15, -0.1) is 0 Å². The molecule has 16 radical (unpaired) electrons. The van der Waals surface area contributed by atoms with Gasteiger partial charge in [0.25, 0.3) is 5.66 Å². The molecule has 1 aliphatic rings. The van der Waals surface area contributed by atoms with E-state index in [0.717, 1.165) is 15.9 Å². The minimum absolute atomic E-state index is 0.0122. The molecule has 1 aromatic rings. The van der Waals surface area contributed by atoms with E-state index in [0.29, 0.717) is 6.41 Å². The second-order valence-corrected chi connectivity index (χ2v) is 7.93. The van der Waals surface area contributed by atoms with Gasteiger partial charge in [0, 0.05) is 17.8 Å². The maximum absolute atomic E-state index is 14.2. The minimum Gasteiger partial charge on any atom is -0.329 e. The Labute approximate surface area is 182 Å². The first-order chi connectivity index (χ1) is 12.9. The van der Waals surface area contributed by atoms with Crippen LogP contribution >= 0.6 is 9.24 Å². The van der Waals surface area contributed by atoms with Crippen LogP contribution in [0, 0.1) is 0 Å². The number of nitrogens with zero attached hydrogens (tertiary/aromatic N) is 2. The van der Waals surface area contributed by atoms with Crippen molar-refractivity contribution >= 4 is 84.1 Å². The van der Waals surface area contributed by atoms with Crippen LogP contribution in [0.3, 0.4) is 0 Å². The summed E-state index contributed by atoms with van der Waals surface area (Å²) in [5.74, 6) is 0. The van der Waals surface area contributed by atoms with Gasteiger partial charge in [-0.2, -0.15) is 8.78 Å². The molecule has 1 aromatic carbocycles. The lowest BCUT2D eigenvalue weighted by Gasteiger charge is -2.75. The van der Waals surface area contributed by atoms with Crippen molar-refractivity contribution in [2.75, 3.05) is 12.4 Å². The van der Waals surface area contributed by atoms with Crippen molar-refractivity contribution in [2.24, 2.45) is 0 Å². The van der Waals surface area contributed by atoms with Crippen LogP contribution in [0.5, 0.6) is 0 Å². The molecule has 29 heavy (non-hydrogen) atoms. The molecule has 1 heterocycles. The van der Waals surface area contributed by atoms with Crippen molar-refractivity contribution in [3.63, 3.8) is 0 Å². The van der Waals surface area contributed by atoms with Crippen molar-refractivity contribution in [1.82, 2.24) is 9.80 Å². The summed E-state index contributed by atoms with van der Waals surface area (Å²) < 4.78 is 28.5. The van der Waals surface area contributed by atoms with Gasteiger partial charge < -0.3 is 15.1 Å². The van der Waals surface area contributed by atoms with Gasteiger partial charge >= 0.3 is 0 Å². The van der Waals surface area contributed by atoms with Crippen molar-refractivity contribution in [3.8, 4) is 0 Å². The minimum atomic E-state index is -3.38. The summed E-state index contributed by atoms with van der Waals surface area (Å²) in [6, 6.07) is 3.78. The Kier molecular flexibility index (Phi) is 6.41. The molecule has 132 valence electrons. The largest absolute Gasteiger partial charge is 0.329 e. The zero-order valence-electron chi connectivity index (χ0n) is 15.8. The third kappa shape index (κ3) is 3.90. The molecule has 1 saturated heterocycles. The fourth-order valence-corrected chi connectivity index (χ4v) is 3.47. The smallest absolute Gasteiger partial charge is 0.284 e. The number of halogens is 2. The zero-order valence-corrected chi connectivity index (χ0v) is 16.9. The van der Waals surface area contributed by atoms with Crippen molar-refractivity contribution in [2.45, 2.75) is 33.6 Å². The van der Waals surface area contributed by atoms with Crippen LogP contribution in [0.2, 0.25) is 0 Å². The Morgan fingerprint density at radius 1 is 1.03 bits per heavy atom. The number of likely N-dealkylation sites (N-methyl/N-ethyl adjacent to an activating group) is 1. The molecule has 0 aliphatic carbocycles. The summed E-state index contributed by atoms with van der Waals surface area (Å²) in [5.41, 5.74) is -3.71. The average molecular weight is 394 g/mol. The first-order valence-corrected chi connectivity index (χ1v) is 8.83. The number of piperazine rings is 1. The maximum Gasteiger partial charge on any atom is 0.284 e. The molecule has 4 nitrogen and oxygen atoms in total. The highest BCUT2D eigenvalue weighted by molar-refractivity contribution is 7.17. The lowest BCUT2D eigenvalue weighted by molar-refractivity contribution is -0.105. The van der Waals surface area contributed by atoms with Gasteiger partial charge in [0.1, 0.15) is 0 Å². The molecule has 0 saturated carbocycles. The van der Waals surface area contributed by atoms with E-state index in [1.54, 1.807) is 0 Å². The van der Waals surface area contributed by atoms with Crippen LogP contribution in [0.25, 0.3) is 0 Å². The highest BCUT2D eigenvalue weighted by Crippen LogP contribution is 2.44. The molecular weight excluding hydrogens is 382 g/mol. The number of hydrogen-bond donors (Lipinski definition) is 1. The Balaban J connectivity index is 2.63. The van der Waals surface area contributed by atoms with Crippen LogP contribution < -0.4 is 5.32 Å². The van der Waals surface area contributed by atoms with E-state index >= 15 is 0 Å². The monoisotopic (exact) mass is 395 g/mol. The first-order valence-electron chi connectivity index (χ1n) is 8.25. The van der Waals surface area contributed by atoms with Gasteiger partial charge in [-0.3, -0.25) is 4.79 Å². The highest BCUT2D eigenvalue weighted by atomic mass is 31.0. The molecule has 0 aromatic heterocycles. The first kappa shape index (κ1) is 24.7. The number of carbonyl (C=O) groups is 1. The van der Waals surface area contributed by atoms with E-state index < -0.39 is 39.1 Å². The molecule has 1 amide bonds. The second-order valence-electron chi connectivity index (χ2n) is 7.20. The number of rotatable bonds is 5. The molecule has 1 N–H and O–H groups in total. The van der Waals surface area contributed by atoms with E-state index in [9.17, 15) is 13.6 Å². The van der Waals surface area contributed by atoms with E-state index in [-0.39, 0.29) is 11.3 Å². The number of anilines is 1. The normalized spacial score (nSPS) is 23.3. The summed E-state index contributed by atoms with van der Waals surface area (Å²) in [5, 5.41) is -6.12. The summed E-state index contributed by atoms with van der Waals surface area (Å²) in [6.45, 7) is -0.444. The molecule has 0 bridgehead atoms. The summed E-state index contributed by atoms with van der Waals surface area (Å²) in [7, 11) is 51.6. The lowest BCUT2D eigenvalue weighted by Crippen LogP contribution is -2.90. The molecule has 2 rings (SSSR count). The third-order valence-corrected chi connectivity index (χ3v) is 5.62. The summed E-state index contributed by atoms with van der Waals surface area (Å²) in [4.78, 5) is 12.6. The predicted molar refractivity (Wildman–Crippen MR) is 120 cm³/mol. The van der Waals surface area contributed by atoms with E-state index in [4.69, 9.17) is 62.8 Å². The number of nitrogens with one attached hydrogen (secondary N) is 1. The molecule has 0 spiro atoms. The SMILES string of the molecule is [B]C1([B])N(C)C([B])([B])C([B])([B])N(Cc2ccc(NC=O)cc2C(F)(F)P)C1([B])[B]. The van der Waals surface area contributed by atoms with Crippen LogP contribution in [-0.2, 0) is 17.0 Å². The average Bonchev–Trinajstić information content (AvgIpc) is 2.57. The standard InChI is InChI=1S/C14H12B8F2N3OP/c1-26-11(15,16)13(19,20)27(14(21,22)12(26,17)18)5-7-2-3-8(25-6-28)4-9(7)10(23,24)29/h2-4,6H,5,29H2,1H3,(H,25,28). The van der Waals surface area contributed by atoms with Gasteiger partial charge in [-0.1, -0.05) is 36.7 Å². The fourth-order valence-electron chi connectivity index (χ4n) is 3.20. The van der Waals surface area contributed by atoms with Crippen LogP contribution in [-0.4, -0.2) is 107 Å². The fraction of sp³-hybridized carbons (Fsp3) is 0.500. The molecular formula is C14H12B8F2N3OP. The van der Waals surface area contributed by atoms with Gasteiger partial charge in [0.05, 0.1) is 62.8 Å². The van der Waals surface area contributed by atoms with Gasteiger partial charge in [0.2, 0.25) is 6.41 Å². The molecule has 1 atom stereocenters. The number of hydrogen-bond acceptors (Lipinski definition) is 3. The van der Waals surface area contributed by atoms with Crippen molar-refractivity contribution in [1.29, 1.82) is 0 Å². The van der Waals surface area contributed by atoms with Crippen LogP contribution in [0.15, 0.2) is 18.2 Å². The van der Waals surface area contributed by atoms with E-state index in [2.05, 4.69) is 5.32 Å². The Hall–Kier alpha value is -0.581. The molecule has 15 heteroatoms. The van der Waals surface area contributed by atoms with E-state index in [1.165, 1.54) is 28.4 Å². The molecule has 1 aliphatic heterocycles. The van der Waals surface area contributed by atoms with E-state index in [1.807, 2.05) is 0 Å². The van der Waals surface area contributed by atoms with Gasteiger partial charge in [-0.25, -0.2) is 0 Å². The molecule has 1 fully saturated rings. The lowest BCUT2D eigenvalue weighted by atomic mass is 9.26. The topological polar surface area (TPSA) is 35.6 Å². The summed E-state index contributed by atoms with van der Waals surface area (Å²) >= 11 is 0. The Bertz CT molecular complexity index is 778. The number of benzene rings is 1. The number of alkyl halides is 2. The highest BCUT2D eigenvalue weighted by Gasteiger charge is 2.58. The Morgan fingerprint density at radius 3 is 1.93 bits per heavy atom. The number of amides is 1. The zero-order chi connectivity index (χ0) is 22.6. The summed E-state index contributed by atoms with van der Waals surface area (Å²) in [6.07, 6.45) is 0.351. The maximum atomic E-state index is 14.2. The third-order valence-electron chi connectivity index (χ3n) is 5.31. The van der Waals surface area contributed by atoms with Crippen LogP contribution in [0.1, 0.15) is 11.1 Å². The Morgan fingerprint density at radius 2 is 1.52 bits per heavy atom. The van der Waals surface area contributed by atoms with Gasteiger partial charge in [0.15, 0.2) is 0 Å².